The number of rotatable bonds is 4. The van der Waals surface area contributed by atoms with Crippen LogP contribution in [0.2, 0.25) is 0 Å². The van der Waals surface area contributed by atoms with Gasteiger partial charge in [0.05, 0.1) is 13.7 Å². The van der Waals surface area contributed by atoms with Crippen molar-refractivity contribution in [3.05, 3.63) is 11.3 Å². The van der Waals surface area contributed by atoms with E-state index in [9.17, 15) is 32.3 Å². The number of amides is 3. The molecule has 2 aliphatic rings. The van der Waals surface area contributed by atoms with Gasteiger partial charge in [-0.2, -0.15) is 13.2 Å². The fourth-order valence-electron chi connectivity index (χ4n) is 2.88. The summed E-state index contributed by atoms with van der Waals surface area (Å²) in [6.07, 6.45) is -4.61. The smallest absolute Gasteiger partial charge is 0.425 e. The predicted molar refractivity (Wildman–Crippen MR) is 75.6 cm³/mol. The SMILES string of the molecule is COC(=O)C1=C(C)NC(=O)[C@@]1(NC(=O)CN1CCCC1=O)C(F)(F)F. The first-order chi connectivity index (χ1) is 11.5. The van der Waals surface area contributed by atoms with Gasteiger partial charge in [0, 0.05) is 18.7 Å². The second-order valence-electron chi connectivity index (χ2n) is 5.66. The van der Waals surface area contributed by atoms with Crippen LogP contribution in [0.4, 0.5) is 13.2 Å². The highest BCUT2D eigenvalue weighted by molar-refractivity contribution is 6.10. The van der Waals surface area contributed by atoms with Crippen LogP contribution in [0.3, 0.4) is 0 Å². The first-order valence-electron chi connectivity index (χ1n) is 7.31. The minimum absolute atomic E-state index is 0.199. The Hall–Kier alpha value is -2.59. The summed E-state index contributed by atoms with van der Waals surface area (Å²) >= 11 is 0. The maximum atomic E-state index is 13.7. The summed E-state index contributed by atoms with van der Waals surface area (Å²) < 4.78 is 45.5. The quantitative estimate of drug-likeness (QED) is 0.662. The van der Waals surface area contributed by atoms with Crippen molar-refractivity contribution in [3.63, 3.8) is 0 Å². The van der Waals surface area contributed by atoms with Gasteiger partial charge >= 0.3 is 12.1 Å². The molecule has 0 aliphatic carbocycles. The third-order valence-electron chi connectivity index (χ3n) is 4.04. The monoisotopic (exact) mass is 363 g/mol. The van der Waals surface area contributed by atoms with E-state index in [-0.39, 0.29) is 24.6 Å². The van der Waals surface area contributed by atoms with E-state index in [2.05, 4.69) is 4.74 Å². The van der Waals surface area contributed by atoms with Crippen LogP contribution in [0, 0.1) is 0 Å². The van der Waals surface area contributed by atoms with Crippen LogP contribution in [-0.4, -0.2) is 60.5 Å². The number of likely N-dealkylation sites (tertiary alicyclic amines) is 1. The van der Waals surface area contributed by atoms with Crippen molar-refractivity contribution >= 4 is 23.7 Å². The zero-order chi connectivity index (χ0) is 19.0. The molecule has 8 nitrogen and oxygen atoms in total. The lowest BCUT2D eigenvalue weighted by Gasteiger charge is -2.32. The minimum Gasteiger partial charge on any atom is -0.466 e. The Labute approximate surface area is 140 Å². The number of nitrogens with zero attached hydrogens (tertiary/aromatic N) is 1. The molecule has 1 atom stereocenters. The Morgan fingerprint density at radius 1 is 1.36 bits per heavy atom. The molecule has 0 unspecified atom stereocenters. The number of hydrogen-bond donors (Lipinski definition) is 2. The number of alkyl halides is 3. The van der Waals surface area contributed by atoms with Gasteiger partial charge in [-0.05, 0) is 13.3 Å². The van der Waals surface area contributed by atoms with Gasteiger partial charge in [-0.3, -0.25) is 14.4 Å². The normalized spacial score (nSPS) is 23.8. The van der Waals surface area contributed by atoms with E-state index in [4.69, 9.17) is 0 Å². The zero-order valence-corrected chi connectivity index (χ0v) is 13.5. The molecular weight excluding hydrogens is 347 g/mol. The van der Waals surface area contributed by atoms with Gasteiger partial charge in [0.15, 0.2) is 0 Å². The summed E-state index contributed by atoms with van der Waals surface area (Å²) in [6, 6.07) is 0. The first kappa shape index (κ1) is 18.7. The summed E-state index contributed by atoms with van der Waals surface area (Å²) in [5, 5.41) is 3.51. The van der Waals surface area contributed by atoms with E-state index >= 15 is 0 Å². The van der Waals surface area contributed by atoms with E-state index in [0.717, 1.165) is 18.9 Å². The van der Waals surface area contributed by atoms with Crippen molar-refractivity contribution in [2.24, 2.45) is 0 Å². The third-order valence-corrected chi connectivity index (χ3v) is 4.04. The fraction of sp³-hybridized carbons (Fsp3) is 0.571. The molecule has 2 heterocycles. The number of carbonyl (C=O) groups is 4. The number of esters is 1. The van der Waals surface area contributed by atoms with E-state index in [1.54, 1.807) is 5.32 Å². The van der Waals surface area contributed by atoms with Crippen molar-refractivity contribution < 1.29 is 37.1 Å². The first-order valence-corrected chi connectivity index (χ1v) is 7.31. The predicted octanol–water partition coefficient (Wildman–Crippen LogP) is -0.397. The minimum atomic E-state index is -5.30. The molecule has 25 heavy (non-hydrogen) atoms. The van der Waals surface area contributed by atoms with Crippen LogP contribution in [0.5, 0.6) is 0 Å². The summed E-state index contributed by atoms with van der Waals surface area (Å²) in [5.74, 6) is -4.59. The highest BCUT2D eigenvalue weighted by Gasteiger charge is 2.69. The molecule has 2 aliphatic heterocycles. The van der Waals surface area contributed by atoms with Gasteiger partial charge in [0.2, 0.25) is 17.4 Å². The summed E-state index contributed by atoms with van der Waals surface area (Å²) in [7, 11) is 0.858. The number of ether oxygens (including phenoxy) is 1. The van der Waals surface area contributed by atoms with E-state index in [1.165, 1.54) is 0 Å². The molecule has 0 aromatic carbocycles. The Kier molecular flexibility index (Phi) is 4.78. The molecule has 138 valence electrons. The highest BCUT2D eigenvalue weighted by atomic mass is 19.4. The van der Waals surface area contributed by atoms with Crippen molar-refractivity contribution in [3.8, 4) is 0 Å². The van der Waals surface area contributed by atoms with Crippen LogP contribution >= 0.6 is 0 Å². The average Bonchev–Trinajstić information content (AvgIpc) is 3.00. The van der Waals surface area contributed by atoms with Gasteiger partial charge in [-0.25, -0.2) is 4.79 Å². The van der Waals surface area contributed by atoms with E-state index in [1.807, 2.05) is 5.32 Å². The maximum Gasteiger partial charge on any atom is 0.425 e. The largest absolute Gasteiger partial charge is 0.466 e. The molecule has 2 rings (SSSR count). The summed E-state index contributed by atoms with van der Waals surface area (Å²) in [5.41, 5.74) is -4.97. The molecule has 2 N–H and O–H groups in total. The van der Waals surface area contributed by atoms with Gasteiger partial charge in [-0.1, -0.05) is 0 Å². The van der Waals surface area contributed by atoms with E-state index in [0.29, 0.717) is 6.42 Å². The Balaban J connectivity index is 2.38. The Morgan fingerprint density at radius 2 is 2.00 bits per heavy atom. The van der Waals surface area contributed by atoms with Gasteiger partial charge in [0.25, 0.3) is 5.91 Å². The van der Waals surface area contributed by atoms with E-state index < -0.39 is 41.6 Å². The fourth-order valence-corrected chi connectivity index (χ4v) is 2.88. The molecule has 1 saturated heterocycles. The molecule has 0 aromatic heterocycles. The molecule has 0 aromatic rings. The molecule has 3 amide bonds. The molecule has 0 saturated carbocycles. The van der Waals surface area contributed by atoms with Crippen LogP contribution in [0.25, 0.3) is 0 Å². The zero-order valence-electron chi connectivity index (χ0n) is 13.5. The molecule has 0 radical (unpaired) electrons. The van der Waals surface area contributed by atoms with Crippen molar-refractivity contribution in [2.75, 3.05) is 20.2 Å². The summed E-state index contributed by atoms with van der Waals surface area (Å²) in [4.78, 5) is 48.6. The van der Waals surface area contributed by atoms with Crippen LogP contribution in [-0.2, 0) is 23.9 Å². The maximum absolute atomic E-state index is 13.7. The average molecular weight is 363 g/mol. The second-order valence-corrected chi connectivity index (χ2v) is 5.66. The number of carbonyl (C=O) groups excluding carboxylic acids is 4. The standard InChI is InChI=1S/C14H16F3N3O5/c1-7-10(11(23)25-2)13(12(24)18-7,14(15,16)17)19-8(21)6-20-5-3-4-9(20)22/h3-6H2,1-2H3,(H,18,24)(H,19,21)/t13-/m1/s1. The lowest BCUT2D eigenvalue weighted by molar-refractivity contribution is -0.192. The number of nitrogens with one attached hydrogen (secondary N) is 2. The second kappa shape index (κ2) is 6.37. The van der Waals surface area contributed by atoms with Crippen LogP contribution in [0.1, 0.15) is 19.8 Å². The van der Waals surface area contributed by atoms with Gasteiger partial charge in [0.1, 0.15) is 5.57 Å². The molecule has 0 bridgehead atoms. The van der Waals surface area contributed by atoms with Crippen LogP contribution < -0.4 is 10.6 Å². The van der Waals surface area contributed by atoms with Gasteiger partial charge < -0.3 is 20.3 Å². The molecule has 1 fully saturated rings. The van der Waals surface area contributed by atoms with Crippen molar-refractivity contribution in [1.82, 2.24) is 15.5 Å². The highest BCUT2D eigenvalue weighted by Crippen LogP contribution is 2.41. The third kappa shape index (κ3) is 3.05. The number of methoxy groups -OCH3 is 1. The Morgan fingerprint density at radius 3 is 2.48 bits per heavy atom. The topological polar surface area (TPSA) is 105 Å². The van der Waals surface area contributed by atoms with Crippen molar-refractivity contribution in [1.29, 1.82) is 0 Å². The summed E-state index contributed by atoms with van der Waals surface area (Å²) in [6.45, 7) is 0.682. The Bertz CT molecular complexity index is 673. The number of hydrogen-bond acceptors (Lipinski definition) is 5. The van der Waals surface area contributed by atoms with Gasteiger partial charge in [-0.15, -0.1) is 0 Å². The molecular formula is C14H16F3N3O5. The van der Waals surface area contributed by atoms with Crippen molar-refractivity contribution in [2.45, 2.75) is 31.5 Å². The number of allylic oxidation sites excluding steroid dienone is 1. The molecule has 11 heteroatoms. The molecule has 0 spiro atoms. The lowest BCUT2D eigenvalue weighted by Crippen LogP contribution is -2.66. The lowest BCUT2D eigenvalue weighted by atomic mass is 9.89. The van der Waals surface area contributed by atoms with Crippen LogP contribution in [0.15, 0.2) is 11.3 Å². The number of halogens is 3.